The van der Waals surface area contributed by atoms with Gasteiger partial charge in [0.25, 0.3) is 0 Å². The Bertz CT molecular complexity index is 1070. The maximum absolute atomic E-state index is 5.94. The van der Waals surface area contributed by atoms with E-state index in [4.69, 9.17) is 28.9 Å². The van der Waals surface area contributed by atoms with Gasteiger partial charge < -0.3 is 18.9 Å². The van der Waals surface area contributed by atoms with E-state index in [0.29, 0.717) is 62.1 Å². The number of rotatable bonds is 9. The van der Waals surface area contributed by atoms with Crippen molar-refractivity contribution < 1.29 is 18.9 Å². The summed E-state index contributed by atoms with van der Waals surface area (Å²) >= 11 is 0. The second-order valence-corrected chi connectivity index (χ2v) is 9.04. The Morgan fingerprint density at radius 2 is 1.57 bits per heavy atom. The largest absolute Gasteiger partial charge is 0.481 e. The minimum atomic E-state index is 0.163. The SMILES string of the molecule is CCOC1=NC2C(C(OCC)=N1)C2C1C[C@H](c2cc(OCC)nc(OCC)n2)[C@@H]1c1ccccc1. The molecule has 35 heavy (non-hydrogen) atoms. The van der Waals surface area contributed by atoms with E-state index in [9.17, 15) is 0 Å². The van der Waals surface area contributed by atoms with Crippen LogP contribution in [-0.4, -0.2) is 54.4 Å². The third-order valence-corrected chi connectivity index (χ3v) is 7.10. The van der Waals surface area contributed by atoms with E-state index in [1.165, 1.54) is 5.56 Å². The van der Waals surface area contributed by atoms with Crippen molar-refractivity contribution in [3.05, 3.63) is 47.7 Å². The van der Waals surface area contributed by atoms with Gasteiger partial charge in [0.2, 0.25) is 5.88 Å². The molecule has 186 valence electrons. The first kappa shape index (κ1) is 23.6. The summed E-state index contributed by atoms with van der Waals surface area (Å²) in [7, 11) is 0. The normalized spacial score (nSPS) is 28.7. The van der Waals surface area contributed by atoms with Crippen LogP contribution in [-0.2, 0) is 9.47 Å². The first-order chi connectivity index (χ1) is 17.2. The number of ether oxygens (including phenoxy) is 4. The van der Waals surface area contributed by atoms with Crippen LogP contribution in [0.1, 0.15) is 57.2 Å². The first-order valence-corrected chi connectivity index (χ1v) is 12.8. The van der Waals surface area contributed by atoms with Crippen molar-refractivity contribution >= 4 is 11.9 Å². The highest BCUT2D eigenvalue weighted by molar-refractivity contribution is 5.97. The number of hydrogen-bond acceptors (Lipinski definition) is 8. The van der Waals surface area contributed by atoms with E-state index in [1.807, 2.05) is 33.8 Å². The zero-order chi connectivity index (χ0) is 24.4. The lowest BCUT2D eigenvalue weighted by Crippen LogP contribution is -2.36. The number of amidine groups is 1. The van der Waals surface area contributed by atoms with Crippen molar-refractivity contribution in [2.24, 2.45) is 27.7 Å². The third-order valence-electron chi connectivity index (χ3n) is 7.10. The molecule has 0 N–H and O–H groups in total. The molecule has 0 spiro atoms. The summed E-state index contributed by atoms with van der Waals surface area (Å²) < 4.78 is 23.0. The van der Waals surface area contributed by atoms with Crippen LogP contribution in [0.25, 0.3) is 0 Å². The molecule has 0 bridgehead atoms. The van der Waals surface area contributed by atoms with Gasteiger partial charge in [-0.15, -0.1) is 0 Å². The van der Waals surface area contributed by atoms with E-state index in [-0.39, 0.29) is 17.9 Å². The number of aliphatic imine (C=N–C) groups is 2. The Morgan fingerprint density at radius 3 is 2.29 bits per heavy atom. The molecule has 0 amide bonds. The van der Waals surface area contributed by atoms with Crippen LogP contribution < -0.4 is 9.47 Å². The van der Waals surface area contributed by atoms with Gasteiger partial charge in [0.15, 0.2) is 5.90 Å². The molecule has 2 heterocycles. The minimum Gasteiger partial charge on any atom is -0.481 e. The molecule has 2 saturated carbocycles. The van der Waals surface area contributed by atoms with Crippen LogP contribution in [0.4, 0.5) is 0 Å². The van der Waals surface area contributed by atoms with Crippen LogP contribution in [0.2, 0.25) is 0 Å². The summed E-state index contributed by atoms with van der Waals surface area (Å²) in [6.07, 6.45) is 1.00. The highest BCUT2D eigenvalue weighted by Crippen LogP contribution is 2.64. The molecule has 2 fully saturated rings. The minimum absolute atomic E-state index is 0.163. The molecule has 5 rings (SSSR count). The lowest BCUT2D eigenvalue weighted by atomic mass is 9.58. The highest BCUT2D eigenvalue weighted by atomic mass is 16.5. The van der Waals surface area contributed by atoms with Crippen molar-refractivity contribution in [1.29, 1.82) is 0 Å². The van der Waals surface area contributed by atoms with Gasteiger partial charge in [0, 0.05) is 12.0 Å². The monoisotopic (exact) mass is 478 g/mol. The van der Waals surface area contributed by atoms with Crippen molar-refractivity contribution in [2.45, 2.75) is 52.0 Å². The van der Waals surface area contributed by atoms with Gasteiger partial charge in [-0.25, -0.2) is 4.99 Å². The van der Waals surface area contributed by atoms with Crippen molar-refractivity contribution in [3.63, 3.8) is 0 Å². The van der Waals surface area contributed by atoms with E-state index in [0.717, 1.165) is 18.0 Å². The first-order valence-electron chi connectivity index (χ1n) is 12.8. The Balaban J connectivity index is 1.45. The molecular formula is C27H34N4O4. The second kappa shape index (κ2) is 10.2. The fraction of sp³-hybridized carbons (Fsp3) is 0.556. The fourth-order valence-corrected chi connectivity index (χ4v) is 5.69. The summed E-state index contributed by atoms with van der Waals surface area (Å²) in [5, 5.41) is 0. The molecule has 0 saturated heterocycles. The van der Waals surface area contributed by atoms with E-state index >= 15 is 0 Å². The number of fused-ring (bicyclic) bond motifs is 1. The van der Waals surface area contributed by atoms with E-state index in [1.54, 1.807) is 0 Å². The molecule has 1 aliphatic heterocycles. The Kier molecular flexibility index (Phi) is 6.88. The van der Waals surface area contributed by atoms with Gasteiger partial charge in [0.05, 0.1) is 44.1 Å². The molecule has 8 heteroatoms. The molecule has 2 aromatic rings. The molecular weight excluding hydrogens is 444 g/mol. The van der Waals surface area contributed by atoms with Gasteiger partial charge in [0.1, 0.15) is 0 Å². The highest BCUT2D eigenvalue weighted by Gasteiger charge is 2.65. The van der Waals surface area contributed by atoms with Crippen molar-refractivity contribution in [2.75, 3.05) is 26.4 Å². The van der Waals surface area contributed by atoms with Gasteiger partial charge >= 0.3 is 12.0 Å². The summed E-state index contributed by atoms with van der Waals surface area (Å²) in [5.41, 5.74) is 2.29. The lowest BCUT2D eigenvalue weighted by molar-refractivity contribution is 0.165. The number of aromatic nitrogens is 2. The predicted molar refractivity (Wildman–Crippen MR) is 133 cm³/mol. The standard InChI is InChI=1S/C27H34N4O4/c1-5-32-20-15-19(28-26(29-20)34-7-3)17-14-18(21(17)16-12-10-9-11-13-16)22-23-24(22)30-27(35-8-4)31-25(23)33-6-2/h9-13,15,17-18,21-24H,5-8,14H2,1-4H3/t17-,18?,21+,22?,23?,24?/m1/s1. The Morgan fingerprint density at radius 1 is 0.829 bits per heavy atom. The summed E-state index contributed by atoms with van der Waals surface area (Å²) in [5.74, 6) is 2.92. The quantitative estimate of drug-likeness (QED) is 0.523. The maximum atomic E-state index is 5.94. The number of hydrogen-bond donors (Lipinski definition) is 0. The zero-order valence-corrected chi connectivity index (χ0v) is 20.9. The van der Waals surface area contributed by atoms with Gasteiger partial charge in [-0.2, -0.15) is 15.0 Å². The lowest BCUT2D eigenvalue weighted by Gasteiger charge is -2.45. The van der Waals surface area contributed by atoms with Crippen molar-refractivity contribution in [1.82, 2.24) is 9.97 Å². The molecule has 2 aliphatic carbocycles. The molecule has 4 unspecified atom stereocenters. The van der Waals surface area contributed by atoms with Crippen LogP contribution in [0.3, 0.4) is 0 Å². The summed E-state index contributed by atoms with van der Waals surface area (Å²) in [4.78, 5) is 18.6. The van der Waals surface area contributed by atoms with Crippen LogP contribution in [0, 0.1) is 17.8 Å². The maximum Gasteiger partial charge on any atom is 0.319 e. The molecule has 0 radical (unpaired) electrons. The topological polar surface area (TPSA) is 87.4 Å². The average molecular weight is 479 g/mol. The van der Waals surface area contributed by atoms with Crippen LogP contribution >= 0.6 is 0 Å². The molecule has 1 aromatic heterocycles. The number of benzene rings is 1. The summed E-state index contributed by atoms with van der Waals surface area (Å²) in [6.45, 7) is 10.0. The molecule has 1 aromatic carbocycles. The molecule has 3 aliphatic rings. The van der Waals surface area contributed by atoms with Crippen molar-refractivity contribution in [3.8, 4) is 11.9 Å². The molecule has 6 atom stereocenters. The fourth-order valence-electron chi connectivity index (χ4n) is 5.69. The van der Waals surface area contributed by atoms with Gasteiger partial charge in [-0.1, -0.05) is 30.3 Å². The van der Waals surface area contributed by atoms with Gasteiger partial charge in [-0.3, -0.25) is 0 Å². The van der Waals surface area contributed by atoms with Crippen LogP contribution in [0.15, 0.2) is 46.4 Å². The third kappa shape index (κ3) is 4.58. The molecule has 8 nitrogen and oxygen atoms in total. The Labute approximate surface area is 206 Å². The second-order valence-electron chi connectivity index (χ2n) is 9.04. The smallest absolute Gasteiger partial charge is 0.319 e. The summed E-state index contributed by atoms with van der Waals surface area (Å²) in [6, 6.07) is 13.7. The van der Waals surface area contributed by atoms with Gasteiger partial charge in [-0.05, 0) is 57.4 Å². The number of nitrogens with zero attached hydrogens (tertiary/aromatic N) is 4. The predicted octanol–water partition coefficient (Wildman–Crippen LogP) is 4.62. The van der Waals surface area contributed by atoms with E-state index < -0.39 is 0 Å². The van der Waals surface area contributed by atoms with E-state index in [2.05, 4.69) is 40.3 Å². The zero-order valence-electron chi connectivity index (χ0n) is 20.9. The average Bonchev–Trinajstić information content (AvgIpc) is 3.54. The Hall–Kier alpha value is -3.16. The van der Waals surface area contributed by atoms with Crippen LogP contribution in [0.5, 0.6) is 11.9 Å².